The molecule has 0 spiro atoms. The number of pyridine rings is 1. The summed E-state index contributed by atoms with van der Waals surface area (Å²) in [5.74, 6) is -0.628. The van der Waals surface area contributed by atoms with Crippen molar-refractivity contribution < 1.29 is 8.78 Å². The Balaban J connectivity index is 2.05. The second-order valence-electron chi connectivity index (χ2n) is 5.17. The van der Waals surface area contributed by atoms with Crippen molar-refractivity contribution in [2.24, 2.45) is 11.3 Å². The summed E-state index contributed by atoms with van der Waals surface area (Å²) in [6.45, 7) is 5.02. The van der Waals surface area contributed by atoms with E-state index in [0.717, 1.165) is 12.5 Å². The maximum atomic E-state index is 13.4. The number of rotatable bonds is 4. The highest BCUT2D eigenvalue weighted by Crippen LogP contribution is 2.51. The third-order valence-electron chi connectivity index (χ3n) is 3.40. The van der Waals surface area contributed by atoms with Crippen LogP contribution in [0.1, 0.15) is 20.3 Å². The number of aromatic nitrogens is 1. The van der Waals surface area contributed by atoms with Gasteiger partial charge < -0.3 is 10.6 Å². The first kappa shape index (κ1) is 12.1. The molecule has 1 aliphatic carbocycles. The minimum Gasteiger partial charge on any atom is -0.371 e. The van der Waals surface area contributed by atoms with Gasteiger partial charge in [-0.3, -0.25) is 0 Å². The van der Waals surface area contributed by atoms with Gasteiger partial charge >= 0.3 is 0 Å². The number of nitrogens with one attached hydrogen (secondary N) is 2. The van der Waals surface area contributed by atoms with Gasteiger partial charge in [0.05, 0.1) is 0 Å². The first-order valence-corrected chi connectivity index (χ1v) is 5.71. The summed E-state index contributed by atoms with van der Waals surface area (Å²) in [5, 5.41) is 5.53. The van der Waals surface area contributed by atoms with Crippen molar-refractivity contribution in [2.45, 2.75) is 20.3 Å². The number of hydrogen-bond acceptors (Lipinski definition) is 3. The fraction of sp³-hybridized carbons (Fsp3) is 0.583. The van der Waals surface area contributed by atoms with Gasteiger partial charge in [0.2, 0.25) is 0 Å². The summed E-state index contributed by atoms with van der Waals surface area (Å²) in [6, 6.07) is 0.846. The van der Waals surface area contributed by atoms with E-state index in [4.69, 9.17) is 0 Å². The molecule has 2 N–H and O–H groups in total. The minimum absolute atomic E-state index is 0.0592. The van der Waals surface area contributed by atoms with Crippen LogP contribution in [-0.4, -0.2) is 18.6 Å². The molecule has 1 aromatic rings. The number of anilines is 2. The van der Waals surface area contributed by atoms with E-state index >= 15 is 0 Å². The standard InChI is InChI=1S/C12H17F2N3/c1-12(2)5-7(12)6-16-11-9(14)4-8(13)10(15-3)17-11/h4,7H,5-6H2,1-3H3,(H2,15,16,17). The second kappa shape index (κ2) is 4.13. The topological polar surface area (TPSA) is 37.0 Å². The second-order valence-corrected chi connectivity index (χ2v) is 5.17. The molecule has 2 rings (SSSR count). The maximum absolute atomic E-state index is 13.4. The van der Waals surface area contributed by atoms with Gasteiger partial charge in [-0.25, -0.2) is 13.8 Å². The summed E-state index contributed by atoms with van der Waals surface area (Å²) in [5.41, 5.74) is 0.329. The molecule has 0 bridgehead atoms. The van der Waals surface area contributed by atoms with E-state index in [2.05, 4.69) is 29.5 Å². The molecule has 1 aliphatic rings. The van der Waals surface area contributed by atoms with E-state index < -0.39 is 11.6 Å². The highest BCUT2D eigenvalue weighted by molar-refractivity contribution is 5.47. The van der Waals surface area contributed by atoms with Crippen LogP contribution in [0.5, 0.6) is 0 Å². The van der Waals surface area contributed by atoms with Crippen LogP contribution in [0.25, 0.3) is 0 Å². The predicted octanol–water partition coefficient (Wildman–Crippen LogP) is 2.86. The molecule has 1 saturated carbocycles. The van der Waals surface area contributed by atoms with Gasteiger partial charge in [0.1, 0.15) is 0 Å². The minimum atomic E-state index is -0.678. The molecule has 1 unspecified atom stereocenters. The molecule has 5 heteroatoms. The Morgan fingerprint density at radius 1 is 1.35 bits per heavy atom. The van der Waals surface area contributed by atoms with Gasteiger partial charge in [0.25, 0.3) is 0 Å². The molecule has 1 heterocycles. The molecule has 17 heavy (non-hydrogen) atoms. The molecule has 0 amide bonds. The lowest BCUT2D eigenvalue weighted by Crippen LogP contribution is -2.11. The van der Waals surface area contributed by atoms with E-state index in [9.17, 15) is 8.78 Å². The van der Waals surface area contributed by atoms with Crippen molar-refractivity contribution in [3.8, 4) is 0 Å². The molecule has 3 nitrogen and oxygen atoms in total. The van der Waals surface area contributed by atoms with Crippen molar-refractivity contribution in [2.75, 3.05) is 24.2 Å². The molecule has 1 aromatic heterocycles. The smallest absolute Gasteiger partial charge is 0.168 e. The quantitative estimate of drug-likeness (QED) is 0.851. The molecule has 1 atom stereocenters. The van der Waals surface area contributed by atoms with Crippen LogP contribution in [0, 0.1) is 23.0 Å². The first-order valence-electron chi connectivity index (χ1n) is 5.71. The molecule has 1 fully saturated rings. The van der Waals surface area contributed by atoms with Crippen LogP contribution in [0.15, 0.2) is 6.07 Å². The van der Waals surface area contributed by atoms with Crippen molar-refractivity contribution in [1.82, 2.24) is 4.98 Å². The lowest BCUT2D eigenvalue weighted by molar-refractivity contribution is 0.563. The van der Waals surface area contributed by atoms with Gasteiger partial charge in [-0.1, -0.05) is 13.8 Å². The van der Waals surface area contributed by atoms with Crippen LogP contribution >= 0.6 is 0 Å². The number of nitrogens with zero attached hydrogens (tertiary/aromatic N) is 1. The third kappa shape index (κ3) is 2.48. The fourth-order valence-electron chi connectivity index (χ4n) is 1.91. The van der Waals surface area contributed by atoms with Crippen molar-refractivity contribution in [3.05, 3.63) is 17.7 Å². The van der Waals surface area contributed by atoms with Gasteiger partial charge in [0.15, 0.2) is 23.3 Å². The van der Waals surface area contributed by atoms with Gasteiger partial charge in [-0.15, -0.1) is 0 Å². The molecular weight excluding hydrogens is 224 g/mol. The van der Waals surface area contributed by atoms with E-state index in [1.165, 1.54) is 0 Å². The summed E-state index contributed by atoms with van der Waals surface area (Å²) >= 11 is 0. The number of hydrogen-bond donors (Lipinski definition) is 2. The average Bonchev–Trinajstić information content (AvgIpc) is 2.85. The fourth-order valence-corrected chi connectivity index (χ4v) is 1.91. The Hall–Kier alpha value is -1.39. The highest BCUT2D eigenvalue weighted by Gasteiger charge is 2.45. The monoisotopic (exact) mass is 241 g/mol. The van der Waals surface area contributed by atoms with E-state index in [1.54, 1.807) is 7.05 Å². The van der Waals surface area contributed by atoms with Gasteiger partial charge in [0, 0.05) is 19.7 Å². The lowest BCUT2D eigenvalue weighted by atomic mass is 10.1. The largest absolute Gasteiger partial charge is 0.371 e. The van der Waals surface area contributed by atoms with Crippen LogP contribution in [-0.2, 0) is 0 Å². The van der Waals surface area contributed by atoms with Crippen LogP contribution < -0.4 is 10.6 Å². The van der Waals surface area contributed by atoms with Crippen LogP contribution in [0.4, 0.5) is 20.4 Å². The SMILES string of the molecule is CNc1nc(NCC2CC2(C)C)c(F)cc1F. The third-order valence-corrected chi connectivity index (χ3v) is 3.40. The van der Waals surface area contributed by atoms with Gasteiger partial charge in [-0.05, 0) is 17.8 Å². The number of halogens is 2. The van der Waals surface area contributed by atoms with Crippen LogP contribution in [0.2, 0.25) is 0 Å². The Bertz CT molecular complexity index is 432. The zero-order valence-electron chi connectivity index (χ0n) is 10.3. The van der Waals surface area contributed by atoms with E-state index in [0.29, 0.717) is 17.9 Å². The molecule has 0 aromatic carbocycles. The Labute approximate surface area is 99.6 Å². The zero-order chi connectivity index (χ0) is 12.6. The summed E-state index contributed by atoms with van der Waals surface area (Å²) in [4.78, 5) is 3.87. The summed E-state index contributed by atoms with van der Waals surface area (Å²) < 4.78 is 26.6. The first-order chi connectivity index (χ1) is 7.94. The van der Waals surface area contributed by atoms with Crippen molar-refractivity contribution >= 4 is 11.6 Å². The Morgan fingerprint density at radius 3 is 2.47 bits per heavy atom. The normalized spacial score (nSPS) is 21.1. The average molecular weight is 241 g/mol. The van der Waals surface area contributed by atoms with Crippen LogP contribution in [0.3, 0.4) is 0 Å². The summed E-state index contributed by atoms with van der Waals surface area (Å²) in [7, 11) is 1.55. The maximum Gasteiger partial charge on any atom is 0.168 e. The van der Waals surface area contributed by atoms with Gasteiger partial charge in [-0.2, -0.15) is 0 Å². The molecule has 0 radical (unpaired) electrons. The van der Waals surface area contributed by atoms with E-state index in [-0.39, 0.29) is 11.6 Å². The molecular formula is C12H17F2N3. The lowest BCUT2D eigenvalue weighted by Gasteiger charge is -2.10. The molecule has 0 aliphatic heterocycles. The van der Waals surface area contributed by atoms with Crippen molar-refractivity contribution in [3.63, 3.8) is 0 Å². The van der Waals surface area contributed by atoms with E-state index in [1.807, 2.05) is 0 Å². The Kier molecular flexibility index (Phi) is 2.93. The molecule has 94 valence electrons. The summed E-state index contributed by atoms with van der Waals surface area (Å²) in [6.07, 6.45) is 1.13. The predicted molar refractivity (Wildman–Crippen MR) is 64.1 cm³/mol. The highest BCUT2D eigenvalue weighted by atomic mass is 19.1. The Morgan fingerprint density at radius 2 is 1.94 bits per heavy atom. The zero-order valence-corrected chi connectivity index (χ0v) is 10.3. The van der Waals surface area contributed by atoms with Crippen molar-refractivity contribution in [1.29, 1.82) is 0 Å². The molecule has 0 saturated heterocycles.